The van der Waals surface area contributed by atoms with Gasteiger partial charge in [0.05, 0.1) is 16.3 Å². The SMILES string of the molecule is O=C(C1CN(S(=O)(=O)c2ccc3ncccc3c2)C1)N1CCN(c2ccccc2)CC1. The fourth-order valence-electron chi connectivity index (χ4n) is 4.24. The predicted octanol–water partition coefficient (Wildman–Crippen LogP) is 2.20. The van der Waals surface area contributed by atoms with Crippen LogP contribution in [0.25, 0.3) is 10.9 Å². The van der Waals surface area contributed by atoms with E-state index in [1.165, 1.54) is 9.99 Å². The van der Waals surface area contributed by atoms with Gasteiger partial charge >= 0.3 is 0 Å². The molecule has 2 saturated heterocycles. The Bertz CT molecular complexity index is 1200. The van der Waals surface area contributed by atoms with E-state index < -0.39 is 10.0 Å². The highest BCUT2D eigenvalue weighted by molar-refractivity contribution is 7.89. The second-order valence-corrected chi connectivity index (χ2v) is 9.96. The van der Waals surface area contributed by atoms with Gasteiger partial charge in [0.1, 0.15) is 0 Å². The standard InChI is InChI=1S/C23H24N4O3S/c28-23(26-13-11-25(12-14-26)20-6-2-1-3-7-20)19-16-27(17-19)31(29,30)21-8-9-22-18(15-21)5-4-10-24-22/h1-10,15,19H,11-14,16-17H2. The monoisotopic (exact) mass is 436 g/mol. The summed E-state index contributed by atoms with van der Waals surface area (Å²) in [6, 6.07) is 18.8. The lowest BCUT2D eigenvalue weighted by molar-refractivity contribution is -0.139. The zero-order valence-corrected chi connectivity index (χ0v) is 17.9. The first kappa shape index (κ1) is 20.0. The number of pyridine rings is 1. The molecule has 31 heavy (non-hydrogen) atoms. The van der Waals surface area contributed by atoms with Crippen LogP contribution in [0.2, 0.25) is 0 Å². The van der Waals surface area contributed by atoms with E-state index in [-0.39, 0.29) is 29.8 Å². The normalized spacial score (nSPS) is 18.2. The number of carbonyl (C=O) groups excluding carboxylic acids is 1. The molecule has 3 aromatic rings. The summed E-state index contributed by atoms with van der Waals surface area (Å²) >= 11 is 0. The van der Waals surface area contributed by atoms with Crippen molar-refractivity contribution in [3.8, 4) is 0 Å². The minimum absolute atomic E-state index is 0.0573. The third-order valence-electron chi connectivity index (χ3n) is 6.12. The maximum atomic E-state index is 13.0. The Labute approximate surface area is 181 Å². The molecule has 0 unspecified atom stereocenters. The van der Waals surface area contributed by atoms with Crippen molar-refractivity contribution >= 4 is 32.5 Å². The fraction of sp³-hybridized carbons (Fsp3) is 0.304. The summed E-state index contributed by atoms with van der Waals surface area (Å²) in [6.45, 7) is 3.38. The molecule has 2 aliphatic rings. The van der Waals surface area contributed by atoms with E-state index in [2.05, 4.69) is 22.0 Å². The van der Waals surface area contributed by atoms with Crippen LogP contribution in [0, 0.1) is 5.92 Å². The van der Waals surface area contributed by atoms with Crippen LogP contribution >= 0.6 is 0 Å². The number of hydrogen-bond acceptors (Lipinski definition) is 5. The highest BCUT2D eigenvalue weighted by atomic mass is 32.2. The van der Waals surface area contributed by atoms with E-state index in [4.69, 9.17) is 0 Å². The molecule has 0 saturated carbocycles. The van der Waals surface area contributed by atoms with Gasteiger partial charge in [-0.15, -0.1) is 0 Å². The molecule has 1 aromatic heterocycles. The van der Waals surface area contributed by atoms with Crippen LogP contribution in [0.4, 0.5) is 5.69 Å². The largest absolute Gasteiger partial charge is 0.368 e. The molecule has 0 atom stereocenters. The van der Waals surface area contributed by atoms with Gasteiger partial charge in [0.2, 0.25) is 15.9 Å². The van der Waals surface area contributed by atoms with Gasteiger partial charge in [-0.3, -0.25) is 9.78 Å². The summed E-state index contributed by atoms with van der Waals surface area (Å²) in [5.74, 6) is -0.206. The van der Waals surface area contributed by atoms with E-state index in [0.717, 1.165) is 24.0 Å². The molecular weight excluding hydrogens is 412 g/mol. The molecule has 0 aliphatic carbocycles. The lowest BCUT2D eigenvalue weighted by Crippen LogP contribution is -2.59. The molecule has 2 fully saturated rings. The first-order chi connectivity index (χ1) is 15.0. The number of rotatable bonds is 4. The fourth-order valence-corrected chi connectivity index (χ4v) is 5.80. The van der Waals surface area contributed by atoms with Crippen molar-refractivity contribution in [3.05, 3.63) is 66.9 Å². The van der Waals surface area contributed by atoms with Crippen molar-refractivity contribution in [3.63, 3.8) is 0 Å². The zero-order valence-electron chi connectivity index (χ0n) is 17.1. The number of aromatic nitrogens is 1. The molecule has 0 N–H and O–H groups in total. The molecule has 3 heterocycles. The Hall–Kier alpha value is -2.97. The summed E-state index contributed by atoms with van der Waals surface area (Å²) in [6.07, 6.45) is 1.68. The van der Waals surface area contributed by atoms with Gasteiger partial charge < -0.3 is 9.80 Å². The second kappa shape index (κ2) is 7.94. The van der Waals surface area contributed by atoms with Crippen molar-refractivity contribution in [2.75, 3.05) is 44.2 Å². The highest BCUT2D eigenvalue weighted by Gasteiger charge is 2.42. The first-order valence-electron chi connectivity index (χ1n) is 10.5. The number of hydrogen-bond donors (Lipinski definition) is 0. The third kappa shape index (κ3) is 3.77. The van der Waals surface area contributed by atoms with Crippen LogP contribution in [0.1, 0.15) is 0 Å². The maximum Gasteiger partial charge on any atom is 0.243 e. The van der Waals surface area contributed by atoms with Gasteiger partial charge in [-0.2, -0.15) is 4.31 Å². The van der Waals surface area contributed by atoms with Crippen molar-refractivity contribution in [1.82, 2.24) is 14.2 Å². The molecule has 0 bridgehead atoms. The Balaban J connectivity index is 1.19. The summed E-state index contributed by atoms with van der Waals surface area (Å²) in [4.78, 5) is 21.5. The average molecular weight is 437 g/mol. The lowest BCUT2D eigenvalue weighted by atomic mass is 10.0. The summed E-state index contributed by atoms with van der Waals surface area (Å²) in [5.41, 5.74) is 1.92. The number of para-hydroxylation sites is 1. The van der Waals surface area contributed by atoms with Gasteiger partial charge in [-0.05, 0) is 36.4 Å². The van der Waals surface area contributed by atoms with Crippen LogP contribution in [-0.2, 0) is 14.8 Å². The molecule has 7 nitrogen and oxygen atoms in total. The number of amides is 1. The molecule has 8 heteroatoms. The zero-order chi connectivity index (χ0) is 21.4. The number of carbonyl (C=O) groups is 1. The maximum absolute atomic E-state index is 13.0. The number of nitrogens with zero attached hydrogens (tertiary/aromatic N) is 4. The molecule has 0 spiro atoms. The quantitative estimate of drug-likeness (QED) is 0.627. The number of anilines is 1. The Morgan fingerprint density at radius 1 is 0.903 bits per heavy atom. The van der Waals surface area contributed by atoms with E-state index in [1.54, 1.807) is 30.5 Å². The minimum atomic E-state index is -3.61. The molecule has 1 amide bonds. The Kier molecular flexibility index (Phi) is 5.11. The second-order valence-electron chi connectivity index (χ2n) is 8.02. The predicted molar refractivity (Wildman–Crippen MR) is 119 cm³/mol. The molecule has 2 aliphatic heterocycles. The van der Waals surface area contributed by atoms with Gasteiger partial charge in [0.25, 0.3) is 0 Å². The first-order valence-corrected chi connectivity index (χ1v) is 11.9. The van der Waals surface area contributed by atoms with Gasteiger partial charge in [0, 0.05) is 56.5 Å². The van der Waals surface area contributed by atoms with E-state index >= 15 is 0 Å². The van der Waals surface area contributed by atoms with Crippen LogP contribution in [0.5, 0.6) is 0 Å². The van der Waals surface area contributed by atoms with Crippen LogP contribution < -0.4 is 4.90 Å². The van der Waals surface area contributed by atoms with E-state index in [1.807, 2.05) is 29.2 Å². The van der Waals surface area contributed by atoms with Gasteiger partial charge in [0.15, 0.2) is 0 Å². The van der Waals surface area contributed by atoms with Crippen LogP contribution in [-0.4, -0.2) is 67.8 Å². The Morgan fingerprint density at radius 2 is 1.65 bits per heavy atom. The summed E-state index contributed by atoms with van der Waals surface area (Å²) in [7, 11) is -3.61. The van der Waals surface area contributed by atoms with Crippen LogP contribution in [0.15, 0.2) is 71.8 Å². The van der Waals surface area contributed by atoms with E-state index in [0.29, 0.717) is 13.1 Å². The molecule has 160 valence electrons. The molecule has 5 rings (SSSR count). The topological polar surface area (TPSA) is 73.8 Å². The third-order valence-corrected chi connectivity index (χ3v) is 7.95. The van der Waals surface area contributed by atoms with Gasteiger partial charge in [-0.25, -0.2) is 8.42 Å². The van der Waals surface area contributed by atoms with Crippen LogP contribution in [0.3, 0.4) is 0 Å². The van der Waals surface area contributed by atoms with E-state index in [9.17, 15) is 13.2 Å². The number of benzene rings is 2. The molecule has 2 aromatic carbocycles. The number of sulfonamides is 1. The summed E-state index contributed by atoms with van der Waals surface area (Å²) < 4.78 is 27.3. The van der Waals surface area contributed by atoms with Crippen molar-refractivity contribution in [1.29, 1.82) is 0 Å². The van der Waals surface area contributed by atoms with Crippen molar-refractivity contribution < 1.29 is 13.2 Å². The number of fused-ring (bicyclic) bond motifs is 1. The van der Waals surface area contributed by atoms with Crippen molar-refractivity contribution in [2.45, 2.75) is 4.90 Å². The van der Waals surface area contributed by atoms with Crippen molar-refractivity contribution in [2.24, 2.45) is 5.92 Å². The average Bonchev–Trinajstić information content (AvgIpc) is 2.78. The number of piperazine rings is 1. The smallest absolute Gasteiger partial charge is 0.243 e. The summed E-state index contributed by atoms with van der Waals surface area (Å²) in [5, 5.41) is 0.785. The molecular formula is C23H24N4O3S. The lowest BCUT2D eigenvalue weighted by Gasteiger charge is -2.42. The minimum Gasteiger partial charge on any atom is -0.368 e. The van der Waals surface area contributed by atoms with Gasteiger partial charge in [-0.1, -0.05) is 24.3 Å². The molecule has 0 radical (unpaired) electrons. The Morgan fingerprint density at radius 3 is 2.39 bits per heavy atom. The highest BCUT2D eigenvalue weighted by Crippen LogP contribution is 2.28.